The fourth-order valence-corrected chi connectivity index (χ4v) is 3.08. The van der Waals surface area contributed by atoms with Crippen molar-refractivity contribution in [2.75, 3.05) is 18.0 Å². The van der Waals surface area contributed by atoms with E-state index in [2.05, 4.69) is 30.2 Å². The van der Waals surface area contributed by atoms with Gasteiger partial charge in [0.25, 0.3) is 0 Å². The maximum Gasteiger partial charge on any atom is 0.225 e. The van der Waals surface area contributed by atoms with Gasteiger partial charge < -0.3 is 4.90 Å². The van der Waals surface area contributed by atoms with Crippen molar-refractivity contribution < 1.29 is 0 Å². The molecule has 0 aromatic carbocycles. The summed E-state index contributed by atoms with van der Waals surface area (Å²) < 4.78 is 1.89. The van der Waals surface area contributed by atoms with Gasteiger partial charge in [0, 0.05) is 30.9 Å². The first-order chi connectivity index (χ1) is 11.2. The zero-order valence-corrected chi connectivity index (χ0v) is 13.3. The monoisotopic (exact) mass is 309 g/mol. The number of aryl methyl sites for hydroxylation is 2. The van der Waals surface area contributed by atoms with Gasteiger partial charge in [-0.1, -0.05) is 0 Å². The lowest BCUT2D eigenvalue weighted by molar-refractivity contribution is 0.472. The molecular weight excluding hydrogens is 290 g/mol. The van der Waals surface area contributed by atoms with Crippen LogP contribution in [0.5, 0.6) is 0 Å². The van der Waals surface area contributed by atoms with Crippen molar-refractivity contribution >= 4 is 11.6 Å². The number of aromatic nitrogens is 6. The van der Waals surface area contributed by atoms with Crippen LogP contribution in [0.25, 0.3) is 5.65 Å². The largest absolute Gasteiger partial charge is 0.341 e. The summed E-state index contributed by atoms with van der Waals surface area (Å²) >= 11 is 0. The Kier molecular flexibility index (Phi) is 3.40. The third-order valence-electron chi connectivity index (χ3n) is 4.35. The lowest BCUT2D eigenvalue weighted by atomic mass is 9.96. The molecular formula is C16H19N7. The minimum absolute atomic E-state index is 0.375. The summed E-state index contributed by atoms with van der Waals surface area (Å²) in [5.74, 6) is 2.16. The molecule has 4 heterocycles. The molecule has 0 spiro atoms. The molecule has 1 saturated heterocycles. The lowest BCUT2D eigenvalue weighted by Gasteiger charge is -2.31. The predicted octanol–water partition coefficient (Wildman–Crippen LogP) is 1.92. The van der Waals surface area contributed by atoms with Crippen LogP contribution in [0, 0.1) is 13.8 Å². The smallest absolute Gasteiger partial charge is 0.225 e. The zero-order chi connectivity index (χ0) is 15.8. The lowest BCUT2D eigenvalue weighted by Crippen LogP contribution is -2.34. The van der Waals surface area contributed by atoms with Gasteiger partial charge in [0.15, 0.2) is 11.5 Å². The molecule has 0 bridgehead atoms. The number of fused-ring (bicyclic) bond motifs is 1. The Labute approximate surface area is 134 Å². The fourth-order valence-electron chi connectivity index (χ4n) is 3.08. The van der Waals surface area contributed by atoms with E-state index in [-0.39, 0.29) is 0 Å². The first-order valence-corrected chi connectivity index (χ1v) is 7.94. The number of hydrogen-bond donors (Lipinski definition) is 0. The molecule has 0 radical (unpaired) electrons. The maximum absolute atomic E-state index is 4.55. The summed E-state index contributed by atoms with van der Waals surface area (Å²) in [7, 11) is 0. The van der Waals surface area contributed by atoms with E-state index in [1.165, 1.54) is 0 Å². The van der Waals surface area contributed by atoms with Crippen LogP contribution in [0.3, 0.4) is 0 Å². The van der Waals surface area contributed by atoms with E-state index in [4.69, 9.17) is 0 Å². The molecule has 1 aliphatic rings. The Hall–Kier alpha value is -2.57. The predicted molar refractivity (Wildman–Crippen MR) is 86.5 cm³/mol. The van der Waals surface area contributed by atoms with Crippen molar-refractivity contribution in [3.8, 4) is 0 Å². The molecule has 7 nitrogen and oxygen atoms in total. The Bertz CT molecular complexity index is 833. The topological polar surface area (TPSA) is 72.1 Å². The molecule has 3 aromatic heterocycles. The van der Waals surface area contributed by atoms with Gasteiger partial charge in [0.05, 0.1) is 5.69 Å². The average molecular weight is 309 g/mol. The second kappa shape index (κ2) is 5.57. The van der Waals surface area contributed by atoms with Crippen LogP contribution in [0.15, 0.2) is 24.4 Å². The molecule has 1 fully saturated rings. The molecule has 1 aliphatic heterocycles. The summed E-state index contributed by atoms with van der Waals surface area (Å²) in [6.07, 6.45) is 3.84. The Morgan fingerprint density at radius 2 is 1.83 bits per heavy atom. The van der Waals surface area contributed by atoms with E-state index in [9.17, 15) is 0 Å². The van der Waals surface area contributed by atoms with Crippen LogP contribution >= 0.6 is 0 Å². The van der Waals surface area contributed by atoms with E-state index in [0.717, 1.165) is 54.7 Å². The van der Waals surface area contributed by atoms with Gasteiger partial charge in [-0.15, -0.1) is 10.2 Å². The van der Waals surface area contributed by atoms with Gasteiger partial charge in [0.1, 0.15) is 0 Å². The standard InChI is InChI=1S/C16H19N7/c1-11-5-8-17-16(18-11)22-9-6-13(7-10-22)15-20-19-14-4-3-12(2)21-23(14)15/h3-5,8,13H,6-7,9-10H2,1-2H3. The van der Waals surface area contributed by atoms with Crippen molar-refractivity contribution in [3.05, 3.63) is 41.6 Å². The number of nitrogens with zero attached hydrogens (tertiary/aromatic N) is 7. The van der Waals surface area contributed by atoms with Crippen molar-refractivity contribution in [2.45, 2.75) is 32.6 Å². The van der Waals surface area contributed by atoms with Crippen molar-refractivity contribution in [2.24, 2.45) is 0 Å². The molecule has 0 aliphatic carbocycles. The van der Waals surface area contributed by atoms with Crippen molar-refractivity contribution in [1.29, 1.82) is 0 Å². The molecule has 4 rings (SSSR count). The van der Waals surface area contributed by atoms with Crippen LogP contribution in [0.1, 0.15) is 36.0 Å². The van der Waals surface area contributed by atoms with Crippen LogP contribution in [0.2, 0.25) is 0 Å². The van der Waals surface area contributed by atoms with E-state index < -0.39 is 0 Å². The minimum Gasteiger partial charge on any atom is -0.341 e. The van der Waals surface area contributed by atoms with Gasteiger partial charge in [-0.25, -0.2) is 9.97 Å². The van der Waals surface area contributed by atoms with Crippen LogP contribution in [-0.2, 0) is 0 Å². The molecule has 0 saturated carbocycles. The molecule has 0 unspecified atom stereocenters. The first kappa shape index (κ1) is 14.0. The van der Waals surface area contributed by atoms with Gasteiger partial charge in [-0.2, -0.15) is 9.61 Å². The van der Waals surface area contributed by atoms with Gasteiger partial charge in [-0.3, -0.25) is 0 Å². The van der Waals surface area contributed by atoms with E-state index in [1.807, 2.05) is 42.8 Å². The molecule has 0 amide bonds. The van der Waals surface area contributed by atoms with Gasteiger partial charge in [0.2, 0.25) is 5.95 Å². The van der Waals surface area contributed by atoms with Crippen LogP contribution < -0.4 is 4.90 Å². The zero-order valence-electron chi connectivity index (χ0n) is 13.3. The second-order valence-electron chi connectivity index (χ2n) is 6.06. The molecule has 0 atom stereocenters. The van der Waals surface area contributed by atoms with Crippen molar-refractivity contribution in [1.82, 2.24) is 29.8 Å². The summed E-state index contributed by atoms with van der Waals surface area (Å²) in [5.41, 5.74) is 2.79. The average Bonchev–Trinajstić information content (AvgIpc) is 2.98. The Morgan fingerprint density at radius 1 is 1.00 bits per heavy atom. The normalized spacial score (nSPS) is 16.2. The minimum atomic E-state index is 0.375. The molecule has 118 valence electrons. The number of anilines is 1. The van der Waals surface area contributed by atoms with Gasteiger partial charge in [-0.05, 0) is 44.9 Å². The highest BCUT2D eigenvalue weighted by Gasteiger charge is 2.26. The number of piperidine rings is 1. The fraction of sp³-hybridized carbons (Fsp3) is 0.438. The highest BCUT2D eigenvalue weighted by atomic mass is 15.4. The third-order valence-corrected chi connectivity index (χ3v) is 4.35. The van der Waals surface area contributed by atoms with E-state index in [1.54, 1.807) is 0 Å². The molecule has 23 heavy (non-hydrogen) atoms. The maximum atomic E-state index is 4.55. The van der Waals surface area contributed by atoms with Crippen LogP contribution in [0.4, 0.5) is 5.95 Å². The summed E-state index contributed by atoms with van der Waals surface area (Å²) in [6.45, 7) is 5.83. The second-order valence-corrected chi connectivity index (χ2v) is 6.06. The quantitative estimate of drug-likeness (QED) is 0.720. The Morgan fingerprint density at radius 3 is 2.61 bits per heavy atom. The molecule has 7 heteroatoms. The third kappa shape index (κ3) is 2.62. The highest BCUT2D eigenvalue weighted by Crippen LogP contribution is 2.28. The molecule has 3 aromatic rings. The summed E-state index contributed by atoms with van der Waals surface area (Å²) in [4.78, 5) is 11.1. The van der Waals surface area contributed by atoms with Crippen molar-refractivity contribution in [3.63, 3.8) is 0 Å². The first-order valence-electron chi connectivity index (χ1n) is 7.94. The molecule has 0 N–H and O–H groups in total. The van der Waals surface area contributed by atoms with E-state index in [0.29, 0.717) is 5.92 Å². The SMILES string of the molecule is Cc1ccnc(N2CCC(c3nnc4ccc(C)nn34)CC2)n1. The summed E-state index contributed by atoms with van der Waals surface area (Å²) in [5, 5.41) is 13.2. The number of hydrogen-bond acceptors (Lipinski definition) is 6. The Balaban J connectivity index is 1.54. The summed E-state index contributed by atoms with van der Waals surface area (Å²) in [6, 6.07) is 5.85. The van der Waals surface area contributed by atoms with E-state index >= 15 is 0 Å². The highest BCUT2D eigenvalue weighted by molar-refractivity contribution is 5.37. The van der Waals surface area contributed by atoms with Gasteiger partial charge >= 0.3 is 0 Å². The number of rotatable bonds is 2. The van der Waals surface area contributed by atoms with Crippen LogP contribution in [-0.4, -0.2) is 42.9 Å².